The molecule has 9 N–H and O–H groups in total. The van der Waals surface area contributed by atoms with Crippen molar-refractivity contribution in [2.45, 2.75) is 74.6 Å². The molecular weight excluding hydrogens is 464 g/mol. The SMILES string of the molecule is CO[C@@]12CC[C@@H](NC(CCCN=C(N)N)C(=O)O)CC1(C)c1c(ccc(C(N)=O)c1O)C[C@H]2N(C)C. The molecular formula is C25H40N6O5. The molecule has 3 rings (SSSR count). The zero-order valence-electron chi connectivity index (χ0n) is 21.6. The number of amides is 1. The second kappa shape index (κ2) is 10.6. The lowest BCUT2D eigenvalue weighted by atomic mass is 9.52. The average molecular weight is 505 g/mol. The number of guanidine groups is 1. The summed E-state index contributed by atoms with van der Waals surface area (Å²) in [6.45, 7) is 2.39. The Morgan fingerprint density at radius 3 is 2.56 bits per heavy atom. The highest BCUT2D eigenvalue weighted by Crippen LogP contribution is 2.57. The number of hydrogen-bond donors (Lipinski definition) is 6. The lowest BCUT2D eigenvalue weighted by Gasteiger charge is -2.61. The van der Waals surface area contributed by atoms with E-state index < -0.39 is 28.9 Å². The molecule has 1 amide bonds. The maximum Gasteiger partial charge on any atom is 0.320 e. The van der Waals surface area contributed by atoms with Crippen molar-refractivity contribution in [2.24, 2.45) is 22.2 Å². The summed E-state index contributed by atoms with van der Waals surface area (Å²) >= 11 is 0. The minimum atomic E-state index is -0.942. The predicted molar refractivity (Wildman–Crippen MR) is 137 cm³/mol. The predicted octanol–water partition coefficient (Wildman–Crippen LogP) is 0.269. The summed E-state index contributed by atoms with van der Waals surface area (Å²) in [5.74, 6) is -1.78. The topological polar surface area (TPSA) is 190 Å². The second-order valence-corrected chi connectivity index (χ2v) is 10.4. The van der Waals surface area contributed by atoms with Crippen molar-refractivity contribution in [3.8, 4) is 5.75 Å². The molecule has 0 aliphatic heterocycles. The Hall–Kier alpha value is -2.89. The number of rotatable bonds is 10. The minimum Gasteiger partial charge on any atom is -0.507 e. The molecule has 1 aromatic rings. The monoisotopic (exact) mass is 504 g/mol. The van der Waals surface area contributed by atoms with Crippen molar-refractivity contribution in [1.29, 1.82) is 0 Å². The van der Waals surface area contributed by atoms with Crippen LogP contribution in [0.15, 0.2) is 17.1 Å². The number of primary amides is 1. The van der Waals surface area contributed by atoms with Gasteiger partial charge in [-0.15, -0.1) is 0 Å². The van der Waals surface area contributed by atoms with Gasteiger partial charge in [0, 0.05) is 36.7 Å². The van der Waals surface area contributed by atoms with E-state index in [1.54, 1.807) is 13.2 Å². The highest BCUT2D eigenvalue weighted by Gasteiger charge is 2.62. The van der Waals surface area contributed by atoms with Crippen LogP contribution in [0.3, 0.4) is 0 Å². The van der Waals surface area contributed by atoms with Crippen LogP contribution in [0, 0.1) is 0 Å². The molecule has 0 aromatic heterocycles. The minimum absolute atomic E-state index is 0.00892. The Kier molecular flexibility index (Phi) is 8.17. The number of benzene rings is 1. The maximum atomic E-state index is 12.1. The van der Waals surface area contributed by atoms with E-state index in [1.165, 1.54) is 0 Å². The zero-order valence-corrected chi connectivity index (χ0v) is 21.6. The average Bonchev–Trinajstić information content (AvgIpc) is 2.79. The van der Waals surface area contributed by atoms with Gasteiger partial charge in [-0.05, 0) is 64.3 Å². The van der Waals surface area contributed by atoms with E-state index >= 15 is 0 Å². The summed E-state index contributed by atoms with van der Waals surface area (Å²) in [4.78, 5) is 30.2. The fourth-order valence-corrected chi connectivity index (χ4v) is 6.54. The molecule has 11 nitrogen and oxygen atoms in total. The van der Waals surface area contributed by atoms with E-state index in [0.717, 1.165) is 5.56 Å². The molecule has 200 valence electrons. The summed E-state index contributed by atoms with van der Waals surface area (Å²) in [5.41, 5.74) is 16.6. The Labute approximate surface area is 212 Å². The number of phenols is 1. The van der Waals surface area contributed by atoms with Crippen LogP contribution in [0.4, 0.5) is 0 Å². The molecule has 1 fully saturated rings. The molecule has 5 atom stereocenters. The van der Waals surface area contributed by atoms with Crippen LogP contribution in [-0.2, 0) is 21.4 Å². The largest absolute Gasteiger partial charge is 0.507 e. The first kappa shape index (κ1) is 27.7. The number of fused-ring (bicyclic) bond motifs is 3. The molecule has 0 radical (unpaired) electrons. The van der Waals surface area contributed by atoms with Crippen LogP contribution in [-0.4, -0.2) is 84.4 Å². The van der Waals surface area contributed by atoms with Gasteiger partial charge in [0.2, 0.25) is 0 Å². The second-order valence-electron chi connectivity index (χ2n) is 10.4. The number of carboxylic acids is 1. The van der Waals surface area contributed by atoms with Crippen molar-refractivity contribution in [1.82, 2.24) is 10.2 Å². The van der Waals surface area contributed by atoms with Crippen molar-refractivity contribution in [3.05, 3.63) is 28.8 Å². The van der Waals surface area contributed by atoms with E-state index in [0.29, 0.717) is 50.6 Å². The quantitative estimate of drug-likeness (QED) is 0.147. The molecule has 2 unspecified atom stereocenters. The number of aromatic hydroxyl groups is 1. The highest BCUT2D eigenvalue weighted by atomic mass is 16.5. The normalized spacial score (nSPS) is 28.1. The molecule has 0 bridgehead atoms. The number of methoxy groups -OCH3 is 1. The van der Waals surface area contributed by atoms with Gasteiger partial charge in [-0.3, -0.25) is 14.6 Å². The number of nitrogens with two attached hydrogens (primary N) is 3. The fraction of sp³-hybridized carbons (Fsp3) is 0.640. The van der Waals surface area contributed by atoms with Gasteiger partial charge in [0.25, 0.3) is 5.91 Å². The summed E-state index contributed by atoms with van der Waals surface area (Å²) < 4.78 is 6.32. The Morgan fingerprint density at radius 2 is 2.00 bits per heavy atom. The molecule has 1 saturated carbocycles. The number of carboxylic acid groups (broad SMARTS) is 1. The van der Waals surface area contributed by atoms with Gasteiger partial charge in [-0.25, -0.2) is 0 Å². The molecule has 2 aliphatic carbocycles. The lowest BCUT2D eigenvalue weighted by molar-refractivity contribution is -0.153. The summed E-state index contributed by atoms with van der Waals surface area (Å²) in [5, 5.41) is 24.4. The Bertz CT molecular complexity index is 1030. The third-order valence-electron chi connectivity index (χ3n) is 8.15. The molecule has 2 aliphatic rings. The van der Waals surface area contributed by atoms with Gasteiger partial charge < -0.3 is 42.4 Å². The molecule has 0 spiro atoms. The lowest BCUT2D eigenvalue weighted by Crippen LogP contribution is -2.69. The third-order valence-corrected chi connectivity index (χ3v) is 8.15. The van der Waals surface area contributed by atoms with E-state index in [2.05, 4.69) is 15.2 Å². The van der Waals surface area contributed by atoms with E-state index in [9.17, 15) is 19.8 Å². The van der Waals surface area contributed by atoms with E-state index in [1.807, 2.05) is 27.1 Å². The first-order chi connectivity index (χ1) is 16.9. The van der Waals surface area contributed by atoms with Gasteiger partial charge >= 0.3 is 5.97 Å². The van der Waals surface area contributed by atoms with Crippen molar-refractivity contribution < 1.29 is 24.5 Å². The number of hydrogen-bond acceptors (Lipinski definition) is 7. The number of carbonyl (C=O) groups excluding carboxylic acids is 1. The Morgan fingerprint density at radius 1 is 1.31 bits per heavy atom. The van der Waals surface area contributed by atoms with Gasteiger partial charge in [0.15, 0.2) is 5.96 Å². The van der Waals surface area contributed by atoms with Crippen LogP contribution in [0.5, 0.6) is 5.75 Å². The van der Waals surface area contributed by atoms with E-state index in [-0.39, 0.29) is 29.4 Å². The summed E-state index contributed by atoms with van der Waals surface area (Å²) in [6.07, 6.45) is 3.35. The van der Waals surface area contributed by atoms with Crippen LogP contribution in [0.25, 0.3) is 0 Å². The smallest absolute Gasteiger partial charge is 0.320 e. The van der Waals surface area contributed by atoms with Gasteiger partial charge in [0.1, 0.15) is 11.8 Å². The number of carbonyl (C=O) groups is 2. The number of nitrogens with zero attached hydrogens (tertiary/aromatic N) is 2. The van der Waals surface area contributed by atoms with Gasteiger partial charge in [-0.2, -0.15) is 0 Å². The van der Waals surface area contributed by atoms with Crippen LogP contribution in [0.1, 0.15) is 60.5 Å². The molecule has 36 heavy (non-hydrogen) atoms. The van der Waals surface area contributed by atoms with Gasteiger partial charge in [-0.1, -0.05) is 13.0 Å². The van der Waals surface area contributed by atoms with Crippen LogP contribution in [0.2, 0.25) is 0 Å². The number of nitrogens with one attached hydrogen (secondary N) is 1. The van der Waals surface area contributed by atoms with Crippen molar-refractivity contribution in [3.63, 3.8) is 0 Å². The Balaban J connectivity index is 2.00. The first-order valence-corrected chi connectivity index (χ1v) is 12.3. The molecule has 0 heterocycles. The molecule has 11 heteroatoms. The molecule has 0 saturated heterocycles. The number of aliphatic carboxylic acids is 1. The maximum absolute atomic E-state index is 12.1. The summed E-state index contributed by atoms with van der Waals surface area (Å²) in [6, 6.07) is 2.50. The number of ether oxygens (including phenoxy) is 1. The molecule has 1 aromatic carbocycles. The van der Waals surface area contributed by atoms with Crippen LogP contribution >= 0.6 is 0 Å². The van der Waals surface area contributed by atoms with Crippen LogP contribution < -0.4 is 22.5 Å². The number of likely N-dealkylation sites (N-methyl/N-ethyl adjacent to an activating group) is 1. The third kappa shape index (κ3) is 4.87. The van der Waals surface area contributed by atoms with Gasteiger partial charge in [0.05, 0.1) is 11.2 Å². The highest BCUT2D eigenvalue weighted by molar-refractivity contribution is 5.96. The summed E-state index contributed by atoms with van der Waals surface area (Å²) in [7, 11) is 5.71. The fourth-order valence-electron chi connectivity index (χ4n) is 6.54. The zero-order chi connectivity index (χ0) is 26.8. The first-order valence-electron chi connectivity index (χ1n) is 12.3. The van der Waals surface area contributed by atoms with Crippen molar-refractivity contribution in [2.75, 3.05) is 27.7 Å². The standard InChI is InChI=1S/C25H40N6O5/c1-24-13-15(30-17(22(34)35)6-5-11-29-23(27)28)9-10-25(24,36-4)18(31(2)3)12-14-7-8-16(21(26)33)20(32)19(14)24/h7-8,15,17-18,30,32H,5-6,9-13H2,1-4H3,(H2,26,33)(H,34,35)(H4,27,28,29)/t15-,17?,18-,24?,25-/m1/s1. The van der Waals surface area contributed by atoms with E-state index in [4.69, 9.17) is 21.9 Å². The number of aliphatic imine (C=N–C) groups is 1. The van der Waals surface area contributed by atoms with Crippen molar-refractivity contribution >= 4 is 17.8 Å².